The van der Waals surface area contributed by atoms with E-state index in [1.165, 1.54) is 24.9 Å². The molecule has 2 aromatic rings. The van der Waals surface area contributed by atoms with Crippen LogP contribution in [0.4, 0.5) is 17.3 Å². The van der Waals surface area contributed by atoms with E-state index in [1.807, 2.05) is 12.1 Å². The summed E-state index contributed by atoms with van der Waals surface area (Å²) in [4.78, 5) is 16.1. The molecule has 1 aromatic heterocycles. The van der Waals surface area contributed by atoms with E-state index in [2.05, 4.69) is 37.5 Å². The van der Waals surface area contributed by atoms with Gasteiger partial charge >= 0.3 is 0 Å². The molecule has 0 bridgehead atoms. The molecule has 1 aliphatic heterocycles. The number of piperidine rings is 1. The molecule has 1 aliphatic rings. The summed E-state index contributed by atoms with van der Waals surface area (Å²) in [5, 5.41) is 10.5. The number of nitrogens with one attached hydrogen (secondary N) is 2. The first-order valence-electron chi connectivity index (χ1n) is 6.85. The first kappa shape index (κ1) is 12.7. The summed E-state index contributed by atoms with van der Waals surface area (Å²) >= 11 is 0. The van der Waals surface area contributed by atoms with Gasteiger partial charge in [-0.25, -0.2) is 0 Å². The Morgan fingerprint density at radius 2 is 1.85 bits per heavy atom. The third-order valence-electron chi connectivity index (χ3n) is 3.43. The van der Waals surface area contributed by atoms with Gasteiger partial charge < -0.3 is 10.2 Å². The summed E-state index contributed by atoms with van der Waals surface area (Å²) in [6.07, 6.45) is 5.00. The number of anilines is 3. The molecule has 0 saturated carbocycles. The van der Waals surface area contributed by atoms with Gasteiger partial charge in [-0.3, -0.25) is 9.78 Å². The molecular weight excluding hydrogens is 254 g/mol. The first-order valence-corrected chi connectivity index (χ1v) is 6.85. The lowest BCUT2D eigenvalue weighted by molar-refractivity contribution is 0.578. The molecule has 6 heteroatoms. The number of hydrogen-bond acceptors (Lipinski definition) is 5. The second kappa shape index (κ2) is 5.73. The predicted molar refractivity (Wildman–Crippen MR) is 78.4 cm³/mol. The van der Waals surface area contributed by atoms with Crippen LogP contribution in [0.3, 0.4) is 0 Å². The molecule has 1 aromatic carbocycles. The van der Waals surface area contributed by atoms with Crippen LogP contribution in [-0.4, -0.2) is 28.3 Å². The molecule has 3 rings (SSSR count). The van der Waals surface area contributed by atoms with Crippen LogP contribution in [0, 0.1) is 0 Å². The van der Waals surface area contributed by atoms with Crippen molar-refractivity contribution in [2.24, 2.45) is 0 Å². The lowest BCUT2D eigenvalue weighted by Gasteiger charge is -2.28. The van der Waals surface area contributed by atoms with E-state index in [1.54, 1.807) is 0 Å². The van der Waals surface area contributed by atoms with E-state index >= 15 is 0 Å². The number of H-pyrrole nitrogens is 1. The van der Waals surface area contributed by atoms with Crippen LogP contribution >= 0.6 is 0 Å². The Morgan fingerprint density at radius 1 is 1.10 bits per heavy atom. The largest absolute Gasteiger partial charge is 0.372 e. The van der Waals surface area contributed by atoms with Crippen LogP contribution in [0.15, 0.2) is 35.3 Å². The van der Waals surface area contributed by atoms with Crippen LogP contribution in [0.25, 0.3) is 0 Å². The van der Waals surface area contributed by atoms with Crippen LogP contribution < -0.4 is 15.8 Å². The van der Waals surface area contributed by atoms with Gasteiger partial charge in [0, 0.05) is 24.5 Å². The zero-order valence-electron chi connectivity index (χ0n) is 11.2. The van der Waals surface area contributed by atoms with Gasteiger partial charge in [-0.05, 0) is 43.5 Å². The maximum absolute atomic E-state index is 11.1. The fourth-order valence-electron chi connectivity index (χ4n) is 2.41. The summed E-state index contributed by atoms with van der Waals surface area (Å²) in [5.41, 5.74) is 1.84. The van der Waals surface area contributed by atoms with E-state index in [0.717, 1.165) is 25.0 Å². The quantitative estimate of drug-likeness (QED) is 0.892. The van der Waals surface area contributed by atoms with Crippen LogP contribution in [0.1, 0.15) is 19.3 Å². The highest BCUT2D eigenvalue weighted by Crippen LogP contribution is 2.22. The standard InChI is InChI=1S/C14H17N5O/c20-13-10-15-18-14(17-13)16-11-4-6-12(7-5-11)19-8-2-1-3-9-19/h4-7,10H,1-3,8-9H2,(H2,16,17,18,20). The second-order valence-corrected chi connectivity index (χ2v) is 4.90. The number of nitrogens with zero attached hydrogens (tertiary/aromatic N) is 3. The SMILES string of the molecule is O=c1cnnc(Nc2ccc(N3CCCCC3)cc2)[nH]1. The first-order chi connectivity index (χ1) is 9.81. The zero-order chi connectivity index (χ0) is 13.8. The van der Waals surface area contributed by atoms with Crippen molar-refractivity contribution in [1.29, 1.82) is 0 Å². The van der Waals surface area contributed by atoms with Crippen LogP contribution in [0.2, 0.25) is 0 Å². The Kier molecular flexibility index (Phi) is 3.62. The summed E-state index contributed by atoms with van der Waals surface area (Å²) in [7, 11) is 0. The molecule has 104 valence electrons. The minimum atomic E-state index is -0.271. The van der Waals surface area contributed by atoms with Gasteiger partial charge in [0.2, 0.25) is 5.95 Å². The Bertz CT molecular complexity index is 616. The minimum absolute atomic E-state index is 0.271. The van der Waals surface area contributed by atoms with Gasteiger partial charge in [0.1, 0.15) is 6.20 Å². The number of rotatable bonds is 3. The van der Waals surface area contributed by atoms with Crippen LogP contribution in [-0.2, 0) is 0 Å². The minimum Gasteiger partial charge on any atom is -0.372 e. The number of aromatic nitrogens is 3. The fraction of sp³-hybridized carbons (Fsp3) is 0.357. The van der Waals surface area contributed by atoms with Gasteiger partial charge in [-0.15, -0.1) is 10.2 Å². The van der Waals surface area contributed by atoms with E-state index in [0.29, 0.717) is 5.95 Å². The van der Waals surface area contributed by atoms with E-state index < -0.39 is 0 Å². The van der Waals surface area contributed by atoms with Gasteiger partial charge in [-0.1, -0.05) is 0 Å². The topological polar surface area (TPSA) is 73.9 Å². The highest BCUT2D eigenvalue weighted by atomic mass is 16.1. The van der Waals surface area contributed by atoms with Gasteiger partial charge in [-0.2, -0.15) is 0 Å². The van der Waals surface area contributed by atoms with Gasteiger partial charge in [0.05, 0.1) is 0 Å². The van der Waals surface area contributed by atoms with Crippen molar-refractivity contribution in [2.75, 3.05) is 23.3 Å². The smallest absolute Gasteiger partial charge is 0.271 e. The Balaban J connectivity index is 1.71. The summed E-state index contributed by atoms with van der Waals surface area (Å²) < 4.78 is 0. The van der Waals surface area contributed by atoms with Crippen molar-refractivity contribution >= 4 is 17.3 Å². The number of hydrogen-bond donors (Lipinski definition) is 2. The summed E-state index contributed by atoms with van der Waals surface area (Å²) in [5.74, 6) is 0.350. The van der Waals surface area contributed by atoms with Crippen molar-refractivity contribution in [3.63, 3.8) is 0 Å². The molecule has 0 atom stereocenters. The molecule has 0 radical (unpaired) electrons. The Labute approximate surface area is 116 Å². The molecule has 20 heavy (non-hydrogen) atoms. The Morgan fingerprint density at radius 3 is 2.55 bits per heavy atom. The fourth-order valence-corrected chi connectivity index (χ4v) is 2.41. The number of aromatic amines is 1. The van der Waals surface area contributed by atoms with Crippen molar-refractivity contribution < 1.29 is 0 Å². The molecule has 2 heterocycles. The maximum atomic E-state index is 11.1. The van der Waals surface area contributed by atoms with Crippen LogP contribution in [0.5, 0.6) is 0 Å². The molecular formula is C14H17N5O. The van der Waals surface area contributed by atoms with Crippen molar-refractivity contribution in [1.82, 2.24) is 15.2 Å². The molecule has 1 fully saturated rings. The average Bonchev–Trinajstić information content (AvgIpc) is 2.49. The monoisotopic (exact) mass is 271 g/mol. The van der Waals surface area contributed by atoms with E-state index in [4.69, 9.17) is 0 Å². The molecule has 0 amide bonds. The predicted octanol–water partition coefficient (Wildman–Crippen LogP) is 1.90. The summed E-state index contributed by atoms with van der Waals surface area (Å²) in [6.45, 7) is 2.26. The zero-order valence-corrected chi connectivity index (χ0v) is 11.2. The third kappa shape index (κ3) is 2.96. The Hall–Kier alpha value is -2.37. The van der Waals surface area contributed by atoms with Crippen molar-refractivity contribution in [3.8, 4) is 0 Å². The second-order valence-electron chi connectivity index (χ2n) is 4.90. The van der Waals surface area contributed by atoms with E-state index in [9.17, 15) is 4.79 Å². The molecule has 0 aliphatic carbocycles. The van der Waals surface area contributed by atoms with Gasteiger partial charge in [0.15, 0.2) is 0 Å². The number of benzene rings is 1. The third-order valence-corrected chi connectivity index (χ3v) is 3.43. The van der Waals surface area contributed by atoms with E-state index in [-0.39, 0.29) is 5.56 Å². The lowest BCUT2D eigenvalue weighted by Crippen LogP contribution is -2.29. The van der Waals surface area contributed by atoms with Gasteiger partial charge in [0.25, 0.3) is 5.56 Å². The highest BCUT2D eigenvalue weighted by molar-refractivity contribution is 5.59. The summed E-state index contributed by atoms with van der Waals surface area (Å²) in [6, 6.07) is 8.14. The maximum Gasteiger partial charge on any atom is 0.271 e. The van der Waals surface area contributed by atoms with Crippen molar-refractivity contribution in [2.45, 2.75) is 19.3 Å². The van der Waals surface area contributed by atoms with Crippen molar-refractivity contribution in [3.05, 3.63) is 40.8 Å². The lowest BCUT2D eigenvalue weighted by atomic mass is 10.1. The highest BCUT2D eigenvalue weighted by Gasteiger charge is 2.10. The molecule has 1 saturated heterocycles. The average molecular weight is 271 g/mol. The molecule has 6 nitrogen and oxygen atoms in total. The molecule has 0 spiro atoms. The molecule has 2 N–H and O–H groups in total. The molecule has 0 unspecified atom stereocenters. The normalized spacial score (nSPS) is 15.1.